The first-order valence-electron chi connectivity index (χ1n) is 14.8. The molecule has 0 saturated carbocycles. The maximum atomic E-state index is 13.2. The topological polar surface area (TPSA) is 331 Å². The van der Waals surface area contributed by atoms with Crippen LogP contribution < -0.4 is 111 Å². The molecule has 2 aliphatic carbocycles. The van der Waals surface area contributed by atoms with Gasteiger partial charge < -0.3 is 25.1 Å². The van der Waals surface area contributed by atoms with Crippen molar-refractivity contribution in [3.8, 4) is 0 Å². The second-order valence-electron chi connectivity index (χ2n) is 11.3. The van der Waals surface area contributed by atoms with Crippen molar-refractivity contribution in [2.75, 3.05) is 22.3 Å². The van der Waals surface area contributed by atoms with Crippen LogP contribution in [-0.2, 0) is 30.4 Å². The molecule has 0 spiro atoms. The predicted molar refractivity (Wildman–Crippen MR) is 193 cm³/mol. The number of hydrogen-bond acceptors (Lipinski definition) is 19. The van der Waals surface area contributed by atoms with Gasteiger partial charge >= 0.3 is 88.7 Å². The number of azo groups is 1. The standard InChI is InChI=1S/C32H24N8O11S3.3Na/c33-18-1-10-24-16(11-18)13-26(53(46,47)48)29(31(24)41)39-37-21-6-2-19(3-7-21)35-36-20-4-8-22(9-5-20)38-40-30-27(54(49,50)51)14-17-12-23(52(43,44)45)15-25(34)28(17)32(30)42;;;/h1-15,37-38H,33-34H2,(H,43,44,45)(H,46,47,48)(H,49,50,51);;;/q;3*+1/p-3. The van der Waals surface area contributed by atoms with Crippen molar-refractivity contribution in [2.45, 2.75) is 4.90 Å². The largest absolute Gasteiger partial charge is 1.00 e. The Balaban J connectivity index is 0.00000290. The number of nitrogens with one attached hydrogen (secondary N) is 2. The summed E-state index contributed by atoms with van der Waals surface area (Å²) in [6.07, 6.45) is 1.73. The first kappa shape index (κ1) is 47.9. The van der Waals surface area contributed by atoms with Crippen LogP contribution in [-0.4, -0.2) is 61.9 Å². The monoisotopic (exact) mass is 858 g/mol. The molecule has 0 aromatic heterocycles. The number of nitrogen functional groups attached to an aromatic ring is 2. The van der Waals surface area contributed by atoms with Gasteiger partial charge in [0, 0.05) is 16.9 Å². The van der Waals surface area contributed by atoms with Crippen molar-refractivity contribution in [3.63, 3.8) is 0 Å². The third kappa shape index (κ3) is 11.0. The van der Waals surface area contributed by atoms with E-state index in [0.717, 1.165) is 18.2 Å². The third-order valence-electron chi connectivity index (χ3n) is 7.63. The van der Waals surface area contributed by atoms with Crippen LogP contribution in [0, 0.1) is 0 Å². The van der Waals surface area contributed by atoms with E-state index in [2.05, 4.69) is 31.3 Å². The van der Waals surface area contributed by atoms with Crippen LogP contribution in [0.1, 0.15) is 31.8 Å². The van der Waals surface area contributed by atoms with Gasteiger partial charge in [-0.25, -0.2) is 25.3 Å². The van der Waals surface area contributed by atoms with E-state index in [-0.39, 0.29) is 122 Å². The first-order valence-corrected chi connectivity index (χ1v) is 19.1. The molecular formula is C32H21N8Na3O11S3. The van der Waals surface area contributed by atoms with E-state index >= 15 is 0 Å². The molecule has 0 radical (unpaired) electrons. The number of Topliss-reactive ketones (excluding diaryl/α,β-unsaturated/α-hetero) is 2. The summed E-state index contributed by atoms with van der Waals surface area (Å²) < 4.78 is 106. The number of fused-ring (bicyclic) bond motifs is 2. The Morgan fingerprint density at radius 2 is 1.00 bits per heavy atom. The van der Waals surface area contributed by atoms with Crippen molar-refractivity contribution in [2.24, 2.45) is 20.4 Å². The number of allylic oxidation sites excluding steroid dienone is 2. The molecule has 0 unspecified atom stereocenters. The average Bonchev–Trinajstić information content (AvgIpc) is 3.09. The van der Waals surface area contributed by atoms with E-state index in [1.807, 2.05) is 0 Å². The minimum Gasteiger partial charge on any atom is -0.744 e. The fraction of sp³-hybridized carbons (Fsp3) is 0. The summed E-state index contributed by atoms with van der Waals surface area (Å²) in [5.74, 6) is -1.90. The average molecular weight is 859 g/mol. The Hall–Kier alpha value is -3.43. The Labute approximate surface area is 391 Å². The Morgan fingerprint density at radius 1 is 0.544 bits per heavy atom. The van der Waals surface area contributed by atoms with Crippen molar-refractivity contribution < 1.29 is 137 Å². The molecule has 4 aromatic rings. The van der Waals surface area contributed by atoms with Crippen LogP contribution >= 0.6 is 0 Å². The smallest absolute Gasteiger partial charge is 0.744 e. The number of anilines is 4. The number of carbonyl (C=O) groups excluding carboxylic acids is 2. The number of hydrazone groups is 2. The van der Waals surface area contributed by atoms with Crippen molar-refractivity contribution in [1.29, 1.82) is 0 Å². The quantitative estimate of drug-likeness (QED) is 0.0401. The molecule has 0 fully saturated rings. The molecule has 0 heterocycles. The second kappa shape index (κ2) is 18.7. The molecule has 0 bridgehead atoms. The van der Waals surface area contributed by atoms with Gasteiger partial charge in [0.25, 0.3) is 0 Å². The van der Waals surface area contributed by atoms with Gasteiger partial charge in [0.2, 0.25) is 11.6 Å². The van der Waals surface area contributed by atoms with Gasteiger partial charge in [-0.2, -0.15) is 20.4 Å². The zero-order chi connectivity index (χ0) is 39.2. The first-order chi connectivity index (χ1) is 25.3. The summed E-state index contributed by atoms with van der Waals surface area (Å²) in [5, 5.41) is 15.9. The van der Waals surface area contributed by atoms with Crippen LogP contribution in [0.15, 0.2) is 114 Å². The summed E-state index contributed by atoms with van der Waals surface area (Å²) in [7, 11) is -15.4. The molecule has 2 aliphatic rings. The number of rotatable bonds is 9. The molecule has 0 saturated heterocycles. The minimum absolute atomic E-state index is 0. The van der Waals surface area contributed by atoms with E-state index in [9.17, 15) is 48.5 Å². The van der Waals surface area contributed by atoms with E-state index < -0.39 is 73.7 Å². The number of hydrogen-bond donors (Lipinski definition) is 4. The molecule has 0 atom stereocenters. The van der Waals surface area contributed by atoms with Crippen LogP contribution in [0.25, 0.3) is 12.2 Å². The summed E-state index contributed by atoms with van der Waals surface area (Å²) in [5.41, 5.74) is 15.7. The Kier molecular flexibility index (Phi) is 15.7. The molecule has 0 amide bonds. The van der Waals surface area contributed by atoms with Gasteiger partial charge in [0.05, 0.1) is 43.0 Å². The molecule has 6 N–H and O–H groups in total. The zero-order valence-electron chi connectivity index (χ0n) is 29.8. The predicted octanol–water partition coefficient (Wildman–Crippen LogP) is -5.72. The van der Waals surface area contributed by atoms with Crippen LogP contribution in [0.2, 0.25) is 0 Å². The van der Waals surface area contributed by atoms with Crippen molar-refractivity contribution >= 4 is 99.6 Å². The SMILES string of the molecule is Nc1ccc2c(c1)C=C(S(=O)(=O)[O-])C(=NNc1ccc(N=Nc3ccc(NN=C4C(=O)c5c(N)cc(S(=O)(=O)[O-])cc5C=C4S(=O)(=O)[O-])cc3)cc1)C2=O.[Na+].[Na+].[Na+]. The molecule has 57 heavy (non-hydrogen) atoms. The summed E-state index contributed by atoms with van der Waals surface area (Å²) in [6.45, 7) is 0. The van der Waals surface area contributed by atoms with Crippen LogP contribution in [0.4, 0.5) is 34.1 Å². The summed E-state index contributed by atoms with van der Waals surface area (Å²) in [6, 6.07) is 17.5. The third-order valence-corrected chi connectivity index (χ3v) is 10.1. The van der Waals surface area contributed by atoms with Gasteiger partial charge in [-0.05, 0) is 102 Å². The van der Waals surface area contributed by atoms with Gasteiger partial charge in [0.15, 0.2) is 0 Å². The van der Waals surface area contributed by atoms with E-state index in [4.69, 9.17) is 11.5 Å². The van der Waals surface area contributed by atoms with Crippen LogP contribution in [0.3, 0.4) is 0 Å². The van der Waals surface area contributed by atoms with Crippen molar-refractivity contribution in [1.82, 2.24) is 0 Å². The molecule has 276 valence electrons. The maximum absolute atomic E-state index is 13.2. The normalized spacial score (nSPS) is 15.4. The zero-order valence-corrected chi connectivity index (χ0v) is 38.3. The van der Waals surface area contributed by atoms with Gasteiger partial charge in [-0.3, -0.25) is 20.4 Å². The molecule has 0 aliphatic heterocycles. The van der Waals surface area contributed by atoms with E-state index in [1.54, 1.807) is 0 Å². The number of nitrogens with zero attached hydrogens (tertiary/aromatic N) is 4. The summed E-state index contributed by atoms with van der Waals surface area (Å²) >= 11 is 0. The van der Waals surface area contributed by atoms with Crippen molar-refractivity contribution in [3.05, 3.63) is 111 Å². The maximum Gasteiger partial charge on any atom is 1.00 e. The molecule has 19 nitrogen and oxygen atoms in total. The minimum atomic E-state index is -5.33. The Morgan fingerprint density at radius 3 is 1.46 bits per heavy atom. The van der Waals surface area contributed by atoms with Gasteiger partial charge in [-0.15, -0.1) is 0 Å². The molecular weight excluding hydrogens is 838 g/mol. The number of benzene rings is 4. The fourth-order valence-electron chi connectivity index (χ4n) is 5.13. The Bertz CT molecular complexity index is 2800. The van der Waals surface area contributed by atoms with Gasteiger partial charge in [0.1, 0.15) is 41.8 Å². The number of ketones is 2. The summed E-state index contributed by atoms with van der Waals surface area (Å²) in [4.78, 5) is 23.4. The molecule has 25 heteroatoms. The second-order valence-corrected chi connectivity index (χ2v) is 15.4. The number of nitrogens with two attached hydrogens (primary N) is 2. The van der Waals surface area contributed by atoms with Gasteiger partial charge in [-0.1, -0.05) is 0 Å². The van der Waals surface area contributed by atoms with Crippen LogP contribution in [0.5, 0.6) is 0 Å². The molecule has 6 rings (SSSR count). The molecule has 4 aromatic carbocycles. The van der Waals surface area contributed by atoms with E-state index in [1.165, 1.54) is 66.7 Å². The van der Waals surface area contributed by atoms with E-state index in [0.29, 0.717) is 23.1 Å². The number of carbonyl (C=O) groups is 2. The fourth-order valence-corrected chi connectivity index (χ4v) is 6.97.